The van der Waals surface area contributed by atoms with Gasteiger partial charge in [0, 0.05) is 18.0 Å². The summed E-state index contributed by atoms with van der Waals surface area (Å²) in [5, 5.41) is 11.3. The zero-order chi connectivity index (χ0) is 27.1. The molecule has 0 unspecified atom stereocenters. The first-order chi connectivity index (χ1) is 18.3. The van der Waals surface area contributed by atoms with Gasteiger partial charge in [0.25, 0.3) is 0 Å². The summed E-state index contributed by atoms with van der Waals surface area (Å²) in [5.74, 6) is 1.50. The lowest BCUT2D eigenvalue weighted by atomic mass is 10.1. The number of allylic oxidation sites excluding steroid dienone is 1. The van der Waals surface area contributed by atoms with Crippen molar-refractivity contribution in [1.82, 2.24) is 4.98 Å². The van der Waals surface area contributed by atoms with E-state index in [0.717, 1.165) is 43.4 Å². The van der Waals surface area contributed by atoms with Crippen LogP contribution < -0.4 is 14.8 Å². The third-order valence-corrected chi connectivity index (χ3v) is 6.25. The van der Waals surface area contributed by atoms with Crippen LogP contribution >= 0.6 is 11.6 Å². The Kier molecular flexibility index (Phi) is 8.54. The number of hydrogen-bond donors (Lipinski definition) is 1. The number of methoxy groups -OCH3 is 1. The number of rotatable bonds is 8. The molecule has 196 valence electrons. The Morgan fingerprint density at radius 3 is 2.63 bits per heavy atom. The molecule has 38 heavy (non-hydrogen) atoms. The first kappa shape index (κ1) is 27.0. The molecule has 1 aliphatic rings. The fourth-order valence-corrected chi connectivity index (χ4v) is 4.32. The second-order valence-corrected chi connectivity index (χ2v) is 8.96. The zero-order valence-electron chi connectivity index (χ0n) is 20.4. The van der Waals surface area contributed by atoms with E-state index >= 15 is 0 Å². The van der Waals surface area contributed by atoms with E-state index in [1.165, 1.54) is 24.5 Å². The van der Waals surface area contributed by atoms with Crippen LogP contribution in [0.15, 0.2) is 59.7 Å². The van der Waals surface area contributed by atoms with Gasteiger partial charge in [-0.05, 0) is 68.2 Å². The van der Waals surface area contributed by atoms with Crippen LogP contribution in [0.2, 0.25) is 5.02 Å². The van der Waals surface area contributed by atoms with Crippen LogP contribution in [0, 0.1) is 11.3 Å². The fraction of sp³-hybridized carbons (Fsp3) is 0.250. The summed E-state index contributed by atoms with van der Waals surface area (Å²) < 4.78 is 52.2. The molecule has 1 aliphatic carbocycles. The second-order valence-electron chi connectivity index (χ2n) is 8.56. The van der Waals surface area contributed by atoms with E-state index < -0.39 is 16.8 Å². The molecule has 0 spiro atoms. The first-order valence-corrected chi connectivity index (χ1v) is 12.2. The molecular weight excluding hydrogens is 517 g/mol. The number of halogens is 4. The maximum Gasteiger partial charge on any atom is 0.417 e. The normalized spacial score (nSPS) is 14.2. The van der Waals surface area contributed by atoms with Crippen molar-refractivity contribution in [2.24, 2.45) is 4.99 Å². The minimum Gasteiger partial charge on any atom is -0.493 e. The number of nitrogens with zero attached hydrogens (tertiary/aromatic N) is 3. The molecule has 0 atom stereocenters. The maximum absolute atomic E-state index is 13.5. The highest BCUT2D eigenvalue weighted by atomic mass is 35.5. The van der Waals surface area contributed by atoms with Gasteiger partial charge in [-0.15, -0.1) is 0 Å². The highest BCUT2D eigenvalue weighted by molar-refractivity contribution is 6.32. The summed E-state index contributed by atoms with van der Waals surface area (Å²) in [6.07, 6.45) is 5.92. The van der Waals surface area contributed by atoms with Crippen molar-refractivity contribution in [1.29, 1.82) is 5.26 Å². The number of para-hydroxylation sites is 1. The Bertz CT molecular complexity index is 1380. The van der Waals surface area contributed by atoms with Crippen LogP contribution in [0.25, 0.3) is 6.08 Å². The summed E-state index contributed by atoms with van der Waals surface area (Å²) in [7, 11) is 1.58. The lowest BCUT2D eigenvalue weighted by Gasteiger charge is -2.18. The number of anilines is 2. The van der Waals surface area contributed by atoms with E-state index in [0.29, 0.717) is 17.1 Å². The minimum absolute atomic E-state index is 0.0511. The monoisotopic (exact) mass is 540 g/mol. The van der Waals surface area contributed by atoms with E-state index in [9.17, 15) is 13.2 Å². The van der Waals surface area contributed by atoms with E-state index in [4.69, 9.17) is 26.3 Å². The number of aromatic nitrogens is 1. The Morgan fingerprint density at radius 1 is 1.18 bits per heavy atom. The van der Waals surface area contributed by atoms with Gasteiger partial charge in [-0.3, -0.25) is 4.99 Å². The molecule has 6 nitrogen and oxygen atoms in total. The van der Waals surface area contributed by atoms with Gasteiger partial charge in [-0.1, -0.05) is 23.7 Å². The topological polar surface area (TPSA) is 79.5 Å². The molecule has 0 radical (unpaired) electrons. The van der Waals surface area contributed by atoms with Crippen LogP contribution in [0.5, 0.6) is 11.5 Å². The molecule has 1 aromatic heterocycles. The average molecular weight is 541 g/mol. The van der Waals surface area contributed by atoms with Crippen LogP contribution in [0.4, 0.5) is 30.4 Å². The molecule has 3 aromatic rings. The summed E-state index contributed by atoms with van der Waals surface area (Å²) in [5.41, 5.74) is 0.324. The summed E-state index contributed by atoms with van der Waals surface area (Å²) >= 11 is 5.95. The largest absolute Gasteiger partial charge is 0.493 e. The van der Waals surface area contributed by atoms with Crippen LogP contribution in [0.3, 0.4) is 0 Å². The van der Waals surface area contributed by atoms with Crippen LogP contribution in [-0.2, 0) is 6.18 Å². The highest BCUT2D eigenvalue weighted by Gasteiger charge is 2.34. The van der Waals surface area contributed by atoms with Gasteiger partial charge < -0.3 is 14.8 Å². The number of alkyl halides is 3. The molecule has 0 bridgehead atoms. The van der Waals surface area contributed by atoms with Crippen molar-refractivity contribution < 1.29 is 22.6 Å². The van der Waals surface area contributed by atoms with Gasteiger partial charge in [0.05, 0.1) is 40.7 Å². The SMILES string of the molecule is COc1cccc(/C=C/C=Nc2cc(Cl)c(C(F)(F)F)cc2Nc2ccc(C#N)cn2)c1OC1CCCC1. The molecule has 1 N–H and O–H groups in total. The van der Waals surface area contributed by atoms with Crippen molar-refractivity contribution in [3.63, 3.8) is 0 Å². The predicted molar refractivity (Wildman–Crippen MR) is 142 cm³/mol. The third kappa shape index (κ3) is 6.64. The van der Waals surface area contributed by atoms with Crippen molar-refractivity contribution in [3.05, 3.63) is 76.5 Å². The number of pyridine rings is 1. The molecule has 1 fully saturated rings. The van der Waals surface area contributed by atoms with Gasteiger partial charge in [0.2, 0.25) is 0 Å². The standard InChI is InChI=1S/C28H24ClF3N4O2/c1-37-25-10-4-6-19(27(25)38-20-8-2-3-9-20)7-5-13-34-23-15-22(29)21(28(30,31)32)14-24(23)36-26-12-11-18(16-33)17-35-26/h4-7,10-15,17,20H,2-3,8-9H2,1H3,(H,35,36)/b7-5+,34-13?. The molecule has 2 aromatic carbocycles. The minimum atomic E-state index is -4.66. The maximum atomic E-state index is 13.5. The first-order valence-electron chi connectivity index (χ1n) is 11.9. The molecule has 0 saturated heterocycles. The summed E-state index contributed by atoms with van der Waals surface area (Å²) in [6.45, 7) is 0. The quantitative estimate of drug-likeness (QED) is 0.292. The van der Waals surface area contributed by atoms with E-state index in [1.54, 1.807) is 19.3 Å². The number of nitriles is 1. The lowest BCUT2D eigenvalue weighted by Crippen LogP contribution is -2.12. The number of hydrogen-bond acceptors (Lipinski definition) is 6. The molecular formula is C28H24ClF3N4O2. The smallest absolute Gasteiger partial charge is 0.417 e. The molecule has 0 amide bonds. The molecule has 1 saturated carbocycles. The van der Waals surface area contributed by atoms with Gasteiger partial charge >= 0.3 is 6.18 Å². The number of nitrogens with one attached hydrogen (secondary N) is 1. The number of benzene rings is 2. The van der Waals surface area contributed by atoms with Gasteiger partial charge in [0.15, 0.2) is 11.5 Å². The van der Waals surface area contributed by atoms with Crippen molar-refractivity contribution >= 4 is 41.1 Å². The zero-order valence-corrected chi connectivity index (χ0v) is 21.2. The van der Waals surface area contributed by atoms with E-state index in [2.05, 4.69) is 15.3 Å². The second kappa shape index (κ2) is 12.0. The Morgan fingerprint density at radius 2 is 1.97 bits per heavy atom. The average Bonchev–Trinajstić information content (AvgIpc) is 3.41. The Hall–Kier alpha value is -4.03. The number of ether oxygens (including phenoxy) is 2. The predicted octanol–water partition coefficient (Wildman–Crippen LogP) is 8.11. The van der Waals surface area contributed by atoms with Crippen LogP contribution in [-0.4, -0.2) is 24.4 Å². The fourth-order valence-electron chi connectivity index (χ4n) is 4.05. The van der Waals surface area contributed by atoms with Gasteiger partial charge in [0.1, 0.15) is 11.9 Å². The molecule has 4 rings (SSSR count). The van der Waals surface area contributed by atoms with E-state index in [-0.39, 0.29) is 23.3 Å². The van der Waals surface area contributed by atoms with Crippen molar-refractivity contribution in [3.8, 4) is 17.6 Å². The summed E-state index contributed by atoms with van der Waals surface area (Å²) in [6, 6.07) is 12.5. The highest BCUT2D eigenvalue weighted by Crippen LogP contribution is 2.41. The van der Waals surface area contributed by atoms with Gasteiger partial charge in [-0.25, -0.2) is 4.98 Å². The Balaban J connectivity index is 1.62. The third-order valence-electron chi connectivity index (χ3n) is 5.94. The molecule has 1 heterocycles. The van der Waals surface area contributed by atoms with Crippen molar-refractivity contribution in [2.45, 2.75) is 38.0 Å². The van der Waals surface area contributed by atoms with E-state index in [1.807, 2.05) is 24.3 Å². The molecule has 0 aliphatic heterocycles. The van der Waals surface area contributed by atoms with Crippen molar-refractivity contribution in [2.75, 3.05) is 12.4 Å². The summed E-state index contributed by atoms with van der Waals surface area (Å²) in [4.78, 5) is 8.40. The van der Waals surface area contributed by atoms with Crippen LogP contribution in [0.1, 0.15) is 42.4 Å². The Labute approximate surface area is 223 Å². The van der Waals surface area contributed by atoms with Gasteiger partial charge in [-0.2, -0.15) is 18.4 Å². The molecule has 10 heteroatoms. The lowest BCUT2D eigenvalue weighted by molar-refractivity contribution is -0.137. The number of aliphatic imine (C=N–C) groups is 1.